The van der Waals surface area contributed by atoms with Crippen molar-refractivity contribution >= 4 is 16.7 Å². The van der Waals surface area contributed by atoms with Gasteiger partial charge in [-0.25, -0.2) is 0 Å². The van der Waals surface area contributed by atoms with Gasteiger partial charge in [-0.1, -0.05) is 18.2 Å². The first-order chi connectivity index (χ1) is 9.67. The number of carbonyl (C=O) groups is 1. The van der Waals surface area contributed by atoms with E-state index in [0.717, 1.165) is 0 Å². The number of pyridine rings is 1. The zero-order valence-electron chi connectivity index (χ0n) is 10.9. The molecule has 0 atom stereocenters. The van der Waals surface area contributed by atoms with E-state index >= 15 is 0 Å². The van der Waals surface area contributed by atoms with Crippen molar-refractivity contribution in [2.24, 2.45) is 0 Å². The number of aliphatic hydroxyl groups is 2. The minimum atomic E-state index is -0.420. The van der Waals surface area contributed by atoms with E-state index in [9.17, 15) is 9.59 Å². The highest BCUT2D eigenvalue weighted by Gasteiger charge is 2.16. The summed E-state index contributed by atoms with van der Waals surface area (Å²) in [6, 6.07) is 8.57. The number of aliphatic hydroxyl groups excluding tert-OH is 2. The summed E-state index contributed by atoms with van der Waals surface area (Å²) in [5.74, 6) is -0.420. The number of amides is 1. The third-order valence-electron chi connectivity index (χ3n) is 3.01. The molecule has 0 aliphatic rings. The number of carbonyl (C=O) groups excluding carboxylic acids is 1. The minimum absolute atomic E-state index is 0.105. The molecule has 0 bridgehead atoms. The number of fused-ring (bicyclic) bond motifs is 1. The Kier molecular flexibility index (Phi) is 4.49. The van der Waals surface area contributed by atoms with Crippen LogP contribution in [0.15, 0.2) is 35.1 Å². The second-order valence-electron chi connectivity index (χ2n) is 4.34. The molecule has 6 heteroatoms. The lowest BCUT2D eigenvalue weighted by molar-refractivity contribution is 0.0679. The van der Waals surface area contributed by atoms with Crippen molar-refractivity contribution < 1.29 is 15.0 Å². The quantitative estimate of drug-likeness (QED) is 0.714. The topological polar surface area (TPSA) is 93.6 Å². The van der Waals surface area contributed by atoms with E-state index in [-0.39, 0.29) is 37.6 Å². The Hall–Kier alpha value is -2.18. The van der Waals surface area contributed by atoms with Crippen LogP contribution in [0, 0.1) is 0 Å². The van der Waals surface area contributed by atoms with Gasteiger partial charge in [0, 0.05) is 18.5 Å². The first kappa shape index (κ1) is 14.2. The maximum Gasteiger partial charge on any atom is 0.270 e. The number of nitrogens with zero attached hydrogens (tertiary/aromatic N) is 1. The third-order valence-corrected chi connectivity index (χ3v) is 3.01. The molecule has 0 spiro atoms. The Bertz CT molecular complexity index is 660. The summed E-state index contributed by atoms with van der Waals surface area (Å²) in [4.78, 5) is 28.0. The van der Waals surface area contributed by atoms with Crippen LogP contribution in [0.2, 0.25) is 0 Å². The van der Waals surface area contributed by atoms with E-state index in [1.807, 2.05) is 0 Å². The Labute approximate surface area is 115 Å². The van der Waals surface area contributed by atoms with Crippen LogP contribution in [-0.2, 0) is 0 Å². The maximum absolute atomic E-state index is 12.3. The zero-order chi connectivity index (χ0) is 14.5. The number of rotatable bonds is 5. The summed E-state index contributed by atoms with van der Waals surface area (Å²) in [7, 11) is 0. The van der Waals surface area contributed by atoms with Crippen molar-refractivity contribution in [2.45, 2.75) is 0 Å². The van der Waals surface area contributed by atoms with E-state index < -0.39 is 5.91 Å². The van der Waals surface area contributed by atoms with Crippen LogP contribution in [0.3, 0.4) is 0 Å². The van der Waals surface area contributed by atoms with Crippen LogP contribution in [0.25, 0.3) is 10.8 Å². The van der Waals surface area contributed by atoms with Gasteiger partial charge in [-0.3, -0.25) is 9.59 Å². The predicted octanol–water partition coefficient (Wildman–Crippen LogP) is -0.0451. The third kappa shape index (κ3) is 2.87. The highest BCUT2D eigenvalue weighted by atomic mass is 16.3. The van der Waals surface area contributed by atoms with Crippen molar-refractivity contribution in [1.29, 1.82) is 0 Å². The van der Waals surface area contributed by atoms with Gasteiger partial charge in [-0.2, -0.15) is 0 Å². The smallest absolute Gasteiger partial charge is 0.270 e. The summed E-state index contributed by atoms with van der Waals surface area (Å²) in [6.07, 6.45) is 0. The van der Waals surface area contributed by atoms with E-state index in [1.54, 1.807) is 30.3 Å². The van der Waals surface area contributed by atoms with Crippen LogP contribution in [0.4, 0.5) is 0 Å². The molecular weight excluding hydrogens is 260 g/mol. The molecule has 0 saturated heterocycles. The number of hydrogen-bond acceptors (Lipinski definition) is 4. The van der Waals surface area contributed by atoms with E-state index in [2.05, 4.69) is 4.98 Å². The molecule has 0 aliphatic carbocycles. The number of hydrogen-bond donors (Lipinski definition) is 3. The molecule has 1 amide bonds. The Morgan fingerprint density at radius 3 is 2.45 bits per heavy atom. The standard InChI is InChI=1S/C14H16N2O4/c17-7-5-16(6-8-18)14(20)12-9-10-3-1-2-4-11(10)13(19)15-12/h1-4,9,17-18H,5-8H2,(H,15,19). The Morgan fingerprint density at radius 1 is 1.15 bits per heavy atom. The summed E-state index contributed by atoms with van der Waals surface area (Å²) >= 11 is 0. The van der Waals surface area contributed by atoms with Gasteiger partial charge in [-0.05, 0) is 17.5 Å². The van der Waals surface area contributed by atoms with E-state index in [1.165, 1.54) is 4.90 Å². The summed E-state index contributed by atoms with van der Waals surface area (Å²) in [5.41, 5.74) is -0.185. The van der Waals surface area contributed by atoms with E-state index in [0.29, 0.717) is 10.8 Å². The Morgan fingerprint density at radius 2 is 1.80 bits per heavy atom. The second-order valence-corrected chi connectivity index (χ2v) is 4.34. The second kappa shape index (κ2) is 6.31. The molecule has 0 aliphatic heterocycles. The monoisotopic (exact) mass is 276 g/mol. The van der Waals surface area contributed by atoms with Gasteiger partial charge in [0.2, 0.25) is 0 Å². The summed E-state index contributed by atoms with van der Waals surface area (Å²) < 4.78 is 0. The molecular formula is C14H16N2O4. The van der Waals surface area contributed by atoms with Gasteiger partial charge in [0.15, 0.2) is 0 Å². The fourth-order valence-electron chi connectivity index (χ4n) is 2.05. The zero-order valence-corrected chi connectivity index (χ0v) is 10.9. The highest BCUT2D eigenvalue weighted by Crippen LogP contribution is 2.11. The number of benzene rings is 1. The molecule has 20 heavy (non-hydrogen) atoms. The number of nitrogens with one attached hydrogen (secondary N) is 1. The molecule has 2 rings (SSSR count). The number of aromatic amines is 1. The van der Waals surface area contributed by atoms with Crippen molar-refractivity contribution in [3.63, 3.8) is 0 Å². The van der Waals surface area contributed by atoms with Crippen molar-refractivity contribution in [3.8, 4) is 0 Å². The van der Waals surface area contributed by atoms with Crippen LogP contribution in [0.5, 0.6) is 0 Å². The predicted molar refractivity (Wildman–Crippen MR) is 74.6 cm³/mol. The lowest BCUT2D eigenvalue weighted by Gasteiger charge is -2.20. The van der Waals surface area contributed by atoms with Gasteiger partial charge < -0.3 is 20.1 Å². The largest absolute Gasteiger partial charge is 0.395 e. The molecule has 0 radical (unpaired) electrons. The molecule has 106 valence electrons. The first-order valence-corrected chi connectivity index (χ1v) is 6.30. The average Bonchev–Trinajstić information content (AvgIpc) is 2.46. The molecule has 1 heterocycles. The van der Waals surface area contributed by atoms with Gasteiger partial charge in [0.05, 0.1) is 13.2 Å². The summed E-state index contributed by atoms with van der Waals surface area (Å²) in [6.45, 7) is -0.199. The minimum Gasteiger partial charge on any atom is -0.395 e. The van der Waals surface area contributed by atoms with Gasteiger partial charge in [0.1, 0.15) is 5.69 Å². The fraction of sp³-hybridized carbons (Fsp3) is 0.286. The number of aromatic nitrogens is 1. The lowest BCUT2D eigenvalue weighted by atomic mass is 10.1. The molecule has 1 aromatic heterocycles. The Balaban J connectivity index is 2.41. The van der Waals surface area contributed by atoms with Gasteiger partial charge >= 0.3 is 0 Å². The molecule has 0 fully saturated rings. The molecule has 3 N–H and O–H groups in total. The van der Waals surface area contributed by atoms with Gasteiger partial charge in [0.25, 0.3) is 11.5 Å². The highest BCUT2D eigenvalue weighted by molar-refractivity contribution is 5.96. The van der Waals surface area contributed by atoms with Crippen molar-refractivity contribution in [1.82, 2.24) is 9.88 Å². The number of H-pyrrole nitrogens is 1. The summed E-state index contributed by atoms with van der Waals surface area (Å²) in [5, 5.41) is 19.1. The van der Waals surface area contributed by atoms with Crippen LogP contribution in [0.1, 0.15) is 10.5 Å². The van der Waals surface area contributed by atoms with Crippen LogP contribution in [-0.4, -0.2) is 52.3 Å². The fourth-order valence-corrected chi connectivity index (χ4v) is 2.05. The molecule has 1 aromatic carbocycles. The maximum atomic E-state index is 12.3. The van der Waals surface area contributed by atoms with Crippen molar-refractivity contribution in [3.05, 3.63) is 46.4 Å². The first-order valence-electron chi connectivity index (χ1n) is 6.30. The SMILES string of the molecule is O=C(c1cc2ccccc2c(=O)[nH]1)N(CCO)CCO. The molecule has 0 unspecified atom stereocenters. The molecule has 0 saturated carbocycles. The van der Waals surface area contributed by atoms with Gasteiger partial charge in [-0.15, -0.1) is 0 Å². The molecule has 6 nitrogen and oxygen atoms in total. The van der Waals surface area contributed by atoms with Crippen LogP contribution >= 0.6 is 0 Å². The van der Waals surface area contributed by atoms with Crippen molar-refractivity contribution in [2.75, 3.05) is 26.3 Å². The normalized spacial score (nSPS) is 10.7. The molecule has 2 aromatic rings. The van der Waals surface area contributed by atoms with Crippen LogP contribution < -0.4 is 5.56 Å². The van der Waals surface area contributed by atoms with E-state index in [4.69, 9.17) is 10.2 Å². The average molecular weight is 276 g/mol. The lowest BCUT2D eigenvalue weighted by Crippen LogP contribution is -2.37.